The molecule has 0 saturated carbocycles. The van der Waals surface area contributed by atoms with Gasteiger partial charge in [-0.1, -0.05) is 17.5 Å². The number of amides is 1. The molecule has 0 unspecified atom stereocenters. The molecule has 1 N–H and O–H groups in total. The van der Waals surface area contributed by atoms with Crippen molar-refractivity contribution < 1.29 is 18.0 Å². The summed E-state index contributed by atoms with van der Waals surface area (Å²) in [5.74, 6) is -0.413. The molecule has 1 heterocycles. The van der Waals surface area contributed by atoms with Crippen LogP contribution in [0.4, 0.5) is 5.13 Å². The third kappa shape index (κ3) is 3.81. The predicted molar refractivity (Wildman–Crippen MR) is 92.6 cm³/mol. The lowest BCUT2D eigenvalue weighted by atomic mass is 10.2. The van der Waals surface area contributed by atoms with Gasteiger partial charge in [0.2, 0.25) is 0 Å². The van der Waals surface area contributed by atoms with E-state index in [1.807, 2.05) is 13.8 Å². The van der Waals surface area contributed by atoms with E-state index in [4.69, 9.17) is 4.84 Å². The highest BCUT2D eigenvalue weighted by Crippen LogP contribution is 2.23. The van der Waals surface area contributed by atoms with E-state index in [-0.39, 0.29) is 10.5 Å². The second-order valence-corrected chi connectivity index (χ2v) is 8.09. The number of aromatic nitrogens is 1. The molecular formula is C15H19N3O4S2. The predicted octanol–water partition coefficient (Wildman–Crippen LogP) is 2.45. The Morgan fingerprint density at radius 2 is 2.12 bits per heavy atom. The molecule has 2 aromatic rings. The third-order valence-corrected chi connectivity index (χ3v) is 6.04. The first kappa shape index (κ1) is 18.5. The molecule has 7 nitrogen and oxygen atoms in total. The van der Waals surface area contributed by atoms with E-state index in [2.05, 4.69) is 10.3 Å². The monoisotopic (exact) mass is 369 g/mol. The molecule has 0 aliphatic heterocycles. The van der Waals surface area contributed by atoms with Crippen LogP contribution in [0.1, 0.15) is 27.9 Å². The molecule has 0 radical (unpaired) electrons. The van der Waals surface area contributed by atoms with Crippen LogP contribution in [-0.4, -0.2) is 37.9 Å². The highest BCUT2D eigenvalue weighted by Gasteiger charge is 2.22. The number of nitrogens with zero attached hydrogens (tertiary/aromatic N) is 2. The largest absolute Gasteiger partial charge is 0.298 e. The highest BCUT2D eigenvalue weighted by atomic mass is 32.2. The maximum absolute atomic E-state index is 12.4. The Bertz CT molecular complexity index is 846. The van der Waals surface area contributed by atoms with Crippen molar-refractivity contribution >= 4 is 32.4 Å². The summed E-state index contributed by atoms with van der Waals surface area (Å²) in [5.41, 5.74) is 1.17. The summed E-state index contributed by atoms with van der Waals surface area (Å²) < 4.78 is 25.2. The van der Waals surface area contributed by atoms with Crippen molar-refractivity contribution in [3.63, 3.8) is 0 Å². The first-order chi connectivity index (χ1) is 11.3. The molecule has 130 valence electrons. The summed E-state index contributed by atoms with van der Waals surface area (Å²) in [5, 5.41) is 3.20. The molecule has 0 aliphatic rings. The van der Waals surface area contributed by atoms with Gasteiger partial charge in [0, 0.05) is 17.5 Å². The number of carbonyl (C=O) groups excluding carboxylic acids is 1. The Labute approximate surface area is 145 Å². The molecular weight excluding hydrogens is 350 g/mol. The van der Waals surface area contributed by atoms with Crippen LogP contribution < -0.4 is 5.32 Å². The number of sulfonamides is 1. The lowest BCUT2D eigenvalue weighted by molar-refractivity contribution is -0.0258. The van der Waals surface area contributed by atoms with Crippen molar-refractivity contribution in [1.82, 2.24) is 9.45 Å². The number of hydrogen-bond acceptors (Lipinski definition) is 6. The Balaban J connectivity index is 2.26. The first-order valence-corrected chi connectivity index (χ1v) is 9.46. The van der Waals surface area contributed by atoms with Crippen molar-refractivity contribution in [1.29, 1.82) is 0 Å². The number of nitrogens with one attached hydrogen (secondary N) is 1. The van der Waals surface area contributed by atoms with E-state index in [0.29, 0.717) is 5.13 Å². The van der Waals surface area contributed by atoms with E-state index in [1.54, 1.807) is 6.07 Å². The first-order valence-electron chi connectivity index (χ1n) is 7.20. The minimum Gasteiger partial charge on any atom is -0.298 e. The standard InChI is InChI=1S/C15H19N3O4S2/c1-5-13-10(2)23-15(16-13)17-14(19)11-7-6-8-12(9-11)24(20,21)18(3)22-4/h6-9H,5H2,1-4H3,(H,16,17,19). The SMILES string of the molecule is CCc1nc(NC(=O)c2cccc(S(=O)(=O)N(C)OC)c2)sc1C. The number of benzene rings is 1. The van der Waals surface area contributed by atoms with Crippen LogP contribution in [0.2, 0.25) is 0 Å². The minimum absolute atomic E-state index is 0.0240. The van der Waals surface area contributed by atoms with Gasteiger partial charge in [0.1, 0.15) is 0 Å². The Morgan fingerprint density at radius 1 is 1.42 bits per heavy atom. The maximum Gasteiger partial charge on any atom is 0.264 e. The summed E-state index contributed by atoms with van der Waals surface area (Å²) in [7, 11) is -1.27. The topological polar surface area (TPSA) is 88.6 Å². The second-order valence-electron chi connectivity index (χ2n) is 4.95. The van der Waals surface area contributed by atoms with Crippen molar-refractivity contribution in [3.8, 4) is 0 Å². The van der Waals surface area contributed by atoms with E-state index in [9.17, 15) is 13.2 Å². The van der Waals surface area contributed by atoms with Crippen LogP contribution in [0, 0.1) is 6.92 Å². The van der Waals surface area contributed by atoms with Gasteiger partial charge >= 0.3 is 0 Å². The molecule has 0 aliphatic carbocycles. The molecule has 1 aromatic carbocycles. The summed E-state index contributed by atoms with van der Waals surface area (Å²) in [6.45, 7) is 3.94. The number of hydroxylamine groups is 1. The molecule has 0 fully saturated rings. The lowest BCUT2D eigenvalue weighted by Crippen LogP contribution is -2.26. The summed E-state index contributed by atoms with van der Waals surface area (Å²) in [4.78, 5) is 22.5. The Morgan fingerprint density at radius 3 is 2.71 bits per heavy atom. The van der Waals surface area contributed by atoms with Gasteiger partial charge in [-0.25, -0.2) is 13.4 Å². The molecule has 0 bridgehead atoms. The van der Waals surface area contributed by atoms with E-state index < -0.39 is 15.9 Å². The summed E-state index contributed by atoms with van der Waals surface area (Å²) >= 11 is 1.39. The molecule has 0 atom stereocenters. The Hall–Kier alpha value is -1.81. The fourth-order valence-electron chi connectivity index (χ4n) is 2.02. The number of anilines is 1. The molecule has 24 heavy (non-hydrogen) atoms. The number of carbonyl (C=O) groups is 1. The quantitative estimate of drug-likeness (QED) is 0.790. The zero-order valence-electron chi connectivity index (χ0n) is 13.9. The average Bonchev–Trinajstić information content (AvgIpc) is 2.93. The summed E-state index contributed by atoms with van der Waals surface area (Å²) in [6.07, 6.45) is 0.787. The maximum atomic E-state index is 12.4. The Kier molecular flexibility index (Phi) is 5.70. The zero-order valence-corrected chi connectivity index (χ0v) is 15.5. The molecule has 9 heteroatoms. The van der Waals surface area contributed by atoms with Crippen LogP contribution in [-0.2, 0) is 21.3 Å². The van der Waals surface area contributed by atoms with Crippen LogP contribution in [0.3, 0.4) is 0 Å². The van der Waals surface area contributed by atoms with Crippen LogP contribution in [0.15, 0.2) is 29.2 Å². The number of hydrogen-bond donors (Lipinski definition) is 1. The molecule has 0 spiro atoms. The normalized spacial score (nSPS) is 11.7. The fourth-order valence-corrected chi connectivity index (χ4v) is 3.94. The van der Waals surface area contributed by atoms with E-state index >= 15 is 0 Å². The van der Waals surface area contributed by atoms with Gasteiger partial charge in [-0.3, -0.25) is 14.9 Å². The smallest absolute Gasteiger partial charge is 0.264 e. The van der Waals surface area contributed by atoms with Gasteiger partial charge in [-0.2, -0.15) is 0 Å². The minimum atomic E-state index is -3.81. The second kappa shape index (κ2) is 7.39. The third-order valence-electron chi connectivity index (χ3n) is 3.44. The number of aryl methyl sites for hydroxylation is 2. The van der Waals surface area contributed by atoms with Gasteiger partial charge < -0.3 is 0 Å². The van der Waals surface area contributed by atoms with Crippen molar-refractivity contribution in [2.75, 3.05) is 19.5 Å². The van der Waals surface area contributed by atoms with Crippen LogP contribution in [0.25, 0.3) is 0 Å². The van der Waals surface area contributed by atoms with Crippen LogP contribution in [0.5, 0.6) is 0 Å². The molecule has 0 saturated heterocycles. The summed E-state index contributed by atoms with van der Waals surface area (Å²) in [6, 6.07) is 5.77. The molecule has 1 aromatic heterocycles. The molecule has 2 rings (SSSR count). The van der Waals surface area contributed by atoms with Gasteiger partial charge in [-0.05, 0) is 31.5 Å². The van der Waals surface area contributed by atoms with Gasteiger partial charge in [0.05, 0.1) is 17.7 Å². The average molecular weight is 369 g/mol. The van der Waals surface area contributed by atoms with Crippen molar-refractivity contribution in [2.45, 2.75) is 25.2 Å². The van der Waals surface area contributed by atoms with Crippen LogP contribution >= 0.6 is 11.3 Å². The molecule has 1 amide bonds. The van der Waals surface area contributed by atoms with Gasteiger partial charge in [-0.15, -0.1) is 11.3 Å². The lowest BCUT2D eigenvalue weighted by Gasteiger charge is -2.14. The highest BCUT2D eigenvalue weighted by molar-refractivity contribution is 7.89. The van der Waals surface area contributed by atoms with E-state index in [0.717, 1.165) is 21.5 Å². The van der Waals surface area contributed by atoms with Crippen molar-refractivity contribution in [2.24, 2.45) is 0 Å². The number of rotatable bonds is 6. The van der Waals surface area contributed by atoms with E-state index in [1.165, 1.54) is 43.7 Å². The zero-order chi connectivity index (χ0) is 17.9. The number of thiazole rings is 1. The van der Waals surface area contributed by atoms with Gasteiger partial charge in [0.25, 0.3) is 15.9 Å². The van der Waals surface area contributed by atoms with Gasteiger partial charge in [0.15, 0.2) is 5.13 Å². The van der Waals surface area contributed by atoms with Crippen molar-refractivity contribution in [3.05, 3.63) is 40.4 Å². The fraction of sp³-hybridized carbons (Fsp3) is 0.333.